The standard InChI is InChI=1S/C12H10Cl2N2O2/c1-2-18-12(17)16-9-6-7-4-3-5-8(13)10(7)11(14)15-9/h3-6H,2H2,1H3,(H,15,16,17). The van der Waals surface area contributed by atoms with Gasteiger partial charge in [0.2, 0.25) is 0 Å². The molecule has 0 atom stereocenters. The number of benzene rings is 1. The van der Waals surface area contributed by atoms with Gasteiger partial charge in [0.15, 0.2) is 0 Å². The number of pyridine rings is 1. The zero-order valence-electron chi connectivity index (χ0n) is 9.54. The van der Waals surface area contributed by atoms with Crippen LogP contribution < -0.4 is 5.32 Å². The highest BCUT2D eigenvalue weighted by molar-refractivity contribution is 6.41. The minimum atomic E-state index is -0.567. The molecule has 94 valence electrons. The van der Waals surface area contributed by atoms with E-state index in [2.05, 4.69) is 10.3 Å². The molecule has 2 rings (SSSR count). The van der Waals surface area contributed by atoms with Crippen molar-refractivity contribution in [1.29, 1.82) is 0 Å². The molecule has 0 saturated heterocycles. The predicted molar refractivity (Wildman–Crippen MR) is 72.4 cm³/mol. The molecule has 0 radical (unpaired) electrons. The van der Waals surface area contributed by atoms with E-state index in [1.54, 1.807) is 25.1 Å². The molecule has 0 aliphatic heterocycles. The SMILES string of the molecule is CCOC(=O)Nc1cc2cccc(Cl)c2c(Cl)n1. The first-order valence-electron chi connectivity index (χ1n) is 5.30. The summed E-state index contributed by atoms with van der Waals surface area (Å²) in [5, 5.41) is 4.72. The number of hydrogen-bond donors (Lipinski definition) is 1. The smallest absolute Gasteiger partial charge is 0.412 e. The average Bonchev–Trinajstić information content (AvgIpc) is 2.28. The number of halogens is 2. The molecule has 1 N–H and O–H groups in total. The van der Waals surface area contributed by atoms with Gasteiger partial charge < -0.3 is 4.74 Å². The number of nitrogens with zero attached hydrogens (tertiary/aromatic N) is 1. The Hall–Kier alpha value is -1.52. The number of aromatic nitrogens is 1. The van der Waals surface area contributed by atoms with Gasteiger partial charge in [0.25, 0.3) is 0 Å². The van der Waals surface area contributed by atoms with Crippen molar-refractivity contribution in [2.24, 2.45) is 0 Å². The molecule has 0 bridgehead atoms. The zero-order chi connectivity index (χ0) is 13.1. The van der Waals surface area contributed by atoms with E-state index in [0.717, 1.165) is 5.39 Å². The number of fused-ring (bicyclic) bond motifs is 1. The first-order chi connectivity index (χ1) is 8.61. The van der Waals surface area contributed by atoms with E-state index < -0.39 is 6.09 Å². The Bertz CT molecular complexity index is 602. The van der Waals surface area contributed by atoms with Gasteiger partial charge >= 0.3 is 6.09 Å². The van der Waals surface area contributed by atoms with Gasteiger partial charge in [0.1, 0.15) is 11.0 Å². The van der Waals surface area contributed by atoms with E-state index in [1.165, 1.54) is 0 Å². The Balaban J connectivity index is 2.40. The first kappa shape index (κ1) is 12.9. The van der Waals surface area contributed by atoms with Crippen LogP contribution in [0.25, 0.3) is 10.8 Å². The molecule has 18 heavy (non-hydrogen) atoms. The summed E-state index contributed by atoms with van der Waals surface area (Å²) in [5.74, 6) is 0.327. The summed E-state index contributed by atoms with van der Waals surface area (Å²) in [6, 6.07) is 7.06. The molecule has 6 heteroatoms. The maximum atomic E-state index is 11.3. The number of hydrogen-bond acceptors (Lipinski definition) is 3. The van der Waals surface area contributed by atoms with Crippen molar-refractivity contribution >= 4 is 45.9 Å². The monoisotopic (exact) mass is 284 g/mol. The van der Waals surface area contributed by atoms with E-state index in [9.17, 15) is 4.79 Å². The number of rotatable bonds is 2. The van der Waals surface area contributed by atoms with Crippen LogP contribution in [0.3, 0.4) is 0 Å². The molecule has 0 aliphatic rings. The van der Waals surface area contributed by atoms with E-state index in [4.69, 9.17) is 27.9 Å². The van der Waals surface area contributed by atoms with Crippen molar-refractivity contribution < 1.29 is 9.53 Å². The Morgan fingerprint density at radius 1 is 1.44 bits per heavy atom. The highest BCUT2D eigenvalue weighted by atomic mass is 35.5. The molecule has 1 heterocycles. The van der Waals surface area contributed by atoms with Gasteiger partial charge in [-0.25, -0.2) is 9.78 Å². The van der Waals surface area contributed by atoms with Crippen LogP contribution in [0.1, 0.15) is 6.92 Å². The van der Waals surface area contributed by atoms with Crippen LogP contribution in [-0.2, 0) is 4.74 Å². The summed E-state index contributed by atoms with van der Waals surface area (Å²) >= 11 is 12.1. The van der Waals surface area contributed by atoms with E-state index in [1.807, 2.05) is 6.07 Å². The maximum absolute atomic E-state index is 11.3. The Morgan fingerprint density at radius 3 is 2.94 bits per heavy atom. The number of carbonyl (C=O) groups is 1. The normalized spacial score (nSPS) is 10.4. The van der Waals surface area contributed by atoms with Crippen molar-refractivity contribution in [2.45, 2.75) is 6.92 Å². The van der Waals surface area contributed by atoms with Crippen molar-refractivity contribution in [2.75, 3.05) is 11.9 Å². The molecule has 1 aromatic heterocycles. The van der Waals surface area contributed by atoms with Crippen molar-refractivity contribution in [3.8, 4) is 0 Å². The van der Waals surface area contributed by atoms with Gasteiger partial charge in [-0.1, -0.05) is 35.3 Å². The highest BCUT2D eigenvalue weighted by Crippen LogP contribution is 2.30. The third kappa shape index (κ3) is 2.66. The van der Waals surface area contributed by atoms with E-state index >= 15 is 0 Å². The van der Waals surface area contributed by atoms with Crippen LogP contribution in [0.2, 0.25) is 10.2 Å². The number of carbonyl (C=O) groups excluding carboxylic acids is 1. The number of ether oxygens (including phenoxy) is 1. The second-order valence-electron chi connectivity index (χ2n) is 3.48. The van der Waals surface area contributed by atoms with E-state index in [0.29, 0.717) is 22.8 Å². The molecular formula is C12H10Cl2N2O2. The summed E-state index contributed by atoms with van der Waals surface area (Å²) in [5.41, 5.74) is 0. The lowest BCUT2D eigenvalue weighted by molar-refractivity contribution is 0.168. The zero-order valence-corrected chi connectivity index (χ0v) is 11.0. The van der Waals surface area contributed by atoms with Gasteiger partial charge in [0, 0.05) is 5.39 Å². The summed E-state index contributed by atoms with van der Waals surface area (Å²) in [6.45, 7) is 2.01. The van der Waals surface area contributed by atoms with E-state index in [-0.39, 0.29) is 5.15 Å². The first-order valence-corrected chi connectivity index (χ1v) is 6.06. The summed E-state index contributed by atoms with van der Waals surface area (Å²) < 4.78 is 4.76. The van der Waals surface area contributed by atoms with Gasteiger partial charge in [-0.05, 0) is 24.4 Å². The van der Waals surface area contributed by atoms with Gasteiger partial charge in [-0.15, -0.1) is 0 Å². The highest BCUT2D eigenvalue weighted by Gasteiger charge is 2.09. The predicted octanol–water partition coefficient (Wildman–Crippen LogP) is 4.11. The molecule has 2 aromatic rings. The minimum absolute atomic E-state index is 0.241. The molecular weight excluding hydrogens is 275 g/mol. The second kappa shape index (κ2) is 5.42. The maximum Gasteiger partial charge on any atom is 0.412 e. The van der Waals surface area contributed by atoms with Crippen molar-refractivity contribution in [3.63, 3.8) is 0 Å². The fourth-order valence-electron chi connectivity index (χ4n) is 1.56. The molecule has 0 saturated carbocycles. The lowest BCUT2D eigenvalue weighted by Gasteiger charge is -2.07. The van der Waals surface area contributed by atoms with Gasteiger partial charge in [0.05, 0.1) is 11.6 Å². The molecule has 1 amide bonds. The number of anilines is 1. The van der Waals surface area contributed by atoms with Crippen molar-refractivity contribution in [3.05, 3.63) is 34.4 Å². The summed E-state index contributed by atoms with van der Waals surface area (Å²) in [7, 11) is 0. The molecule has 0 spiro atoms. The topological polar surface area (TPSA) is 51.2 Å². The lowest BCUT2D eigenvalue weighted by atomic mass is 10.2. The third-order valence-electron chi connectivity index (χ3n) is 2.27. The Kier molecular flexibility index (Phi) is 3.89. The van der Waals surface area contributed by atoms with Crippen LogP contribution in [0.4, 0.5) is 10.6 Å². The van der Waals surface area contributed by atoms with Gasteiger partial charge in [-0.2, -0.15) is 0 Å². The Labute approximate surface area is 114 Å². The molecule has 1 aromatic carbocycles. The Morgan fingerprint density at radius 2 is 2.22 bits per heavy atom. The van der Waals surface area contributed by atoms with Crippen LogP contribution in [0.15, 0.2) is 24.3 Å². The minimum Gasteiger partial charge on any atom is -0.450 e. The molecule has 0 aliphatic carbocycles. The quantitative estimate of drug-likeness (QED) is 0.845. The van der Waals surface area contributed by atoms with Crippen LogP contribution in [0, 0.1) is 0 Å². The van der Waals surface area contributed by atoms with Crippen LogP contribution >= 0.6 is 23.2 Å². The second-order valence-corrected chi connectivity index (χ2v) is 4.25. The van der Waals surface area contributed by atoms with Crippen molar-refractivity contribution in [1.82, 2.24) is 4.98 Å². The largest absolute Gasteiger partial charge is 0.450 e. The van der Waals surface area contributed by atoms with Crippen LogP contribution in [-0.4, -0.2) is 17.7 Å². The van der Waals surface area contributed by atoms with Crippen LogP contribution in [0.5, 0.6) is 0 Å². The number of amides is 1. The third-order valence-corrected chi connectivity index (χ3v) is 2.86. The average molecular weight is 285 g/mol. The fraction of sp³-hybridized carbons (Fsp3) is 0.167. The fourth-order valence-corrected chi connectivity index (χ4v) is 2.18. The summed E-state index contributed by atoms with van der Waals surface area (Å²) in [6.07, 6.45) is -0.567. The lowest BCUT2D eigenvalue weighted by Crippen LogP contribution is -2.14. The van der Waals surface area contributed by atoms with Gasteiger partial charge in [-0.3, -0.25) is 5.32 Å². The molecule has 4 nitrogen and oxygen atoms in total. The molecule has 0 unspecified atom stereocenters. The number of nitrogens with one attached hydrogen (secondary N) is 1. The summed E-state index contributed by atoms with van der Waals surface area (Å²) in [4.78, 5) is 15.3. The molecule has 0 fully saturated rings.